The van der Waals surface area contributed by atoms with Crippen LogP contribution in [0.4, 0.5) is 0 Å². The van der Waals surface area contributed by atoms with Crippen LogP contribution in [0, 0.1) is 5.41 Å². The Morgan fingerprint density at radius 1 is 1.47 bits per heavy atom. The Morgan fingerprint density at radius 3 is 2.27 bits per heavy atom. The Labute approximate surface area is 107 Å². The molecule has 0 heterocycles. The van der Waals surface area contributed by atoms with Crippen LogP contribution in [-0.2, 0) is 12.4 Å². The number of carbonyl (C=O) groups is 1. The van der Waals surface area contributed by atoms with E-state index < -0.39 is 0 Å². The van der Waals surface area contributed by atoms with Crippen molar-refractivity contribution in [3.63, 3.8) is 0 Å². The molecule has 3 nitrogen and oxygen atoms in total. The summed E-state index contributed by atoms with van der Waals surface area (Å²) in [6.07, 6.45) is 2.30. The Hall–Kier alpha value is 0.0401. The molecule has 0 aliphatic rings. The number of hydrogen-bond donors (Lipinski definition) is 0. The fourth-order valence-corrected chi connectivity index (χ4v) is 1.83. The third-order valence-electron chi connectivity index (χ3n) is 2.15. The predicted molar refractivity (Wildman–Crippen MR) is 61.9 cm³/mol. The average Bonchev–Trinajstić information content (AvgIpc) is 2.16. The zero-order valence-electron chi connectivity index (χ0n) is 10.3. The SMILES string of the molecule is CCC(OC)C(=CC(=O)C(C)(C)C)[O][InH]. The zero-order valence-corrected chi connectivity index (χ0v) is 14.3. The van der Waals surface area contributed by atoms with E-state index in [9.17, 15) is 4.79 Å². The van der Waals surface area contributed by atoms with E-state index in [2.05, 4.69) is 0 Å². The molecule has 1 radical (unpaired) electrons. The number of ether oxygens (including phenoxy) is 1. The average molecular weight is 315 g/mol. The summed E-state index contributed by atoms with van der Waals surface area (Å²) >= 11 is 0.350. The van der Waals surface area contributed by atoms with Crippen molar-refractivity contribution < 1.29 is 12.4 Å². The first-order chi connectivity index (χ1) is 6.86. The zero-order chi connectivity index (χ0) is 12.1. The van der Waals surface area contributed by atoms with Gasteiger partial charge < -0.3 is 0 Å². The summed E-state index contributed by atoms with van der Waals surface area (Å²) in [4.78, 5) is 11.8. The summed E-state index contributed by atoms with van der Waals surface area (Å²) in [7, 11) is 1.63. The molecular formula is C11H20InO3. The molecule has 0 saturated carbocycles. The molecular weight excluding hydrogens is 295 g/mol. The van der Waals surface area contributed by atoms with Crippen LogP contribution >= 0.6 is 0 Å². The van der Waals surface area contributed by atoms with Crippen LogP contribution in [0.25, 0.3) is 0 Å². The van der Waals surface area contributed by atoms with E-state index >= 15 is 0 Å². The molecule has 0 spiro atoms. The van der Waals surface area contributed by atoms with Gasteiger partial charge in [0.15, 0.2) is 0 Å². The minimum atomic E-state index is -0.360. The molecule has 4 heteroatoms. The van der Waals surface area contributed by atoms with Crippen LogP contribution < -0.4 is 0 Å². The van der Waals surface area contributed by atoms with Gasteiger partial charge in [-0.25, -0.2) is 0 Å². The van der Waals surface area contributed by atoms with Gasteiger partial charge in [0.05, 0.1) is 0 Å². The molecule has 0 aromatic carbocycles. The maximum absolute atomic E-state index is 11.8. The van der Waals surface area contributed by atoms with Crippen molar-refractivity contribution in [2.45, 2.75) is 40.2 Å². The van der Waals surface area contributed by atoms with E-state index in [1.54, 1.807) is 13.2 Å². The molecule has 1 unspecified atom stereocenters. The second-order valence-electron chi connectivity index (χ2n) is 4.44. The number of rotatable bonds is 5. The second-order valence-corrected chi connectivity index (χ2v) is 5.26. The number of ketones is 1. The molecule has 0 N–H and O–H groups in total. The molecule has 0 amide bonds. The Kier molecular flexibility index (Phi) is 6.60. The van der Waals surface area contributed by atoms with E-state index in [1.165, 1.54) is 0 Å². The molecule has 0 aromatic rings. The molecule has 0 aliphatic carbocycles. The molecule has 85 valence electrons. The number of allylic oxidation sites excluding steroid dienone is 1. The van der Waals surface area contributed by atoms with Gasteiger partial charge in [-0.1, -0.05) is 0 Å². The van der Waals surface area contributed by atoms with Crippen molar-refractivity contribution in [1.29, 1.82) is 0 Å². The summed E-state index contributed by atoms with van der Waals surface area (Å²) < 4.78 is 10.6. The van der Waals surface area contributed by atoms with Crippen LogP contribution in [-0.4, -0.2) is 43.8 Å². The van der Waals surface area contributed by atoms with Crippen molar-refractivity contribution in [3.8, 4) is 0 Å². The first-order valence-electron chi connectivity index (χ1n) is 5.07. The number of carbonyl (C=O) groups excluding carboxylic acids is 1. The van der Waals surface area contributed by atoms with E-state index in [0.717, 1.165) is 6.42 Å². The molecule has 0 fully saturated rings. The van der Waals surface area contributed by atoms with E-state index in [0.29, 0.717) is 30.6 Å². The quantitative estimate of drug-likeness (QED) is 0.573. The summed E-state index contributed by atoms with van der Waals surface area (Å²) in [6.45, 7) is 7.69. The first kappa shape index (κ1) is 15.0. The third-order valence-corrected chi connectivity index (χ3v) is 3.10. The minimum absolute atomic E-state index is 0.0780. The van der Waals surface area contributed by atoms with Crippen molar-refractivity contribution in [2.75, 3.05) is 7.11 Å². The number of methoxy groups -OCH3 is 1. The van der Waals surface area contributed by atoms with E-state index in [4.69, 9.17) is 7.59 Å². The van der Waals surface area contributed by atoms with Crippen molar-refractivity contribution in [1.82, 2.24) is 0 Å². The van der Waals surface area contributed by atoms with Crippen LogP contribution in [0.5, 0.6) is 0 Å². The normalized spacial score (nSPS) is 14.9. The molecule has 1 atom stereocenters. The standard InChI is InChI=1S/C11H20O3.In.H/c1-6-9(14-5)8(12)7-10(13)11(2,3)4;;/h7,9,12H,6H2,1-5H3;;/q;+1;/p-1. The van der Waals surface area contributed by atoms with Crippen molar-refractivity contribution in [3.05, 3.63) is 11.8 Å². The molecule has 0 bridgehead atoms. The second kappa shape index (κ2) is 6.59. The monoisotopic (exact) mass is 315 g/mol. The van der Waals surface area contributed by atoms with Gasteiger partial charge in [-0.3, -0.25) is 0 Å². The summed E-state index contributed by atoms with van der Waals surface area (Å²) in [5.74, 6) is 0.751. The van der Waals surface area contributed by atoms with Gasteiger partial charge >= 0.3 is 108 Å². The van der Waals surface area contributed by atoms with Crippen molar-refractivity contribution in [2.24, 2.45) is 5.41 Å². The fraction of sp³-hybridized carbons (Fsp3) is 0.727. The predicted octanol–water partition coefficient (Wildman–Crippen LogP) is 1.74. The van der Waals surface area contributed by atoms with Crippen molar-refractivity contribution >= 4 is 30.6 Å². The van der Waals surface area contributed by atoms with Gasteiger partial charge in [0.1, 0.15) is 0 Å². The summed E-state index contributed by atoms with van der Waals surface area (Å²) in [5.41, 5.74) is -0.360. The number of hydrogen-bond acceptors (Lipinski definition) is 3. The molecule has 0 saturated heterocycles. The summed E-state index contributed by atoms with van der Waals surface area (Å²) in [6, 6.07) is 0. The van der Waals surface area contributed by atoms with Crippen LogP contribution in [0.3, 0.4) is 0 Å². The van der Waals surface area contributed by atoms with Gasteiger partial charge in [-0.05, 0) is 0 Å². The summed E-state index contributed by atoms with van der Waals surface area (Å²) in [5, 5.41) is 0. The Bertz CT molecular complexity index is 237. The van der Waals surface area contributed by atoms with Gasteiger partial charge in [0.2, 0.25) is 0 Å². The Morgan fingerprint density at radius 2 is 2.00 bits per heavy atom. The topological polar surface area (TPSA) is 35.5 Å². The van der Waals surface area contributed by atoms with E-state index in [-0.39, 0.29) is 17.3 Å². The third kappa shape index (κ3) is 5.07. The van der Waals surface area contributed by atoms with Gasteiger partial charge in [0, 0.05) is 0 Å². The van der Waals surface area contributed by atoms with Gasteiger partial charge in [0.25, 0.3) is 0 Å². The van der Waals surface area contributed by atoms with Crippen LogP contribution in [0.15, 0.2) is 11.8 Å². The fourth-order valence-electron chi connectivity index (χ4n) is 1.06. The van der Waals surface area contributed by atoms with Crippen LogP contribution in [0.2, 0.25) is 0 Å². The first-order valence-corrected chi connectivity index (χ1v) is 6.72. The van der Waals surface area contributed by atoms with Gasteiger partial charge in [-0.15, -0.1) is 0 Å². The Balaban J connectivity index is 4.80. The van der Waals surface area contributed by atoms with Crippen LogP contribution in [0.1, 0.15) is 34.1 Å². The molecule has 15 heavy (non-hydrogen) atoms. The molecule has 0 rings (SSSR count). The van der Waals surface area contributed by atoms with Gasteiger partial charge in [-0.2, -0.15) is 0 Å². The molecule has 0 aromatic heterocycles. The molecule has 0 aliphatic heterocycles. The maximum atomic E-state index is 11.8. The van der Waals surface area contributed by atoms with E-state index in [1.807, 2.05) is 27.7 Å².